The minimum absolute atomic E-state index is 0.0753. The summed E-state index contributed by atoms with van der Waals surface area (Å²) in [6.45, 7) is 3.75. The number of benzene rings is 1. The number of pyridine rings is 1. The highest BCUT2D eigenvalue weighted by Gasteiger charge is 2.28. The molecule has 0 spiro atoms. The number of ether oxygens (including phenoxy) is 2. The van der Waals surface area contributed by atoms with Crippen LogP contribution in [0.2, 0.25) is 0 Å². The minimum Gasteiger partial charge on any atom is -0.443 e. The fourth-order valence-corrected chi connectivity index (χ4v) is 3.54. The van der Waals surface area contributed by atoms with Crippen molar-refractivity contribution in [1.82, 2.24) is 45.4 Å². The van der Waals surface area contributed by atoms with Crippen LogP contribution in [0, 0.1) is 0 Å². The van der Waals surface area contributed by atoms with E-state index in [4.69, 9.17) is 15.2 Å². The highest BCUT2D eigenvalue weighted by Crippen LogP contribution is 2.19. The average molecular weight is 523 g/mol. The first-order chi connectivity index (χ1) is 18.2. The van der Waals surface area contributed by atoms with Gasteiger partial charge in [-0.25, -0.2) is 9.89 Å². The van der Waals surface area contributed by atoms with Crippen LogP contribution in [0.25, 0.3) is 5.65 Å². The number of nitrogens with zero attached hydrogens (tertiary/aromatic N) is 7. The number of amides is 2. The molecule has 0 aliphatic heterocycles. The largest absolute Gasteiger partial charge is 0.443 e. The summed E-state index contributed by atoms with van der Waals surface area (Å²) in [5.74, 6) is 0.456. The number of hydrogen-bond donors (Lipinski definition) is 3. The van der Waals surface area contributed by atoms with E-state index in [1.54, 1.807) is 43.5 Å². The van der Waals surface area contributed by atoms with Gasteiger partial charge in [0.25, 0.3) is 0 Å². The third-order valence-corrected chi connectivity index (χ3v) is 5.56. The van der Waals surface area contributed by atoms with Crippen molar-refractivity contribution in [3.05, 3.63) is 71.4 Å². The summed E-state index contributed by atoms with van der Waals surface area (Å²) < 4.78 is 13.2. The van der Waals surface area contributed by atoms with E-state index >= 15 is 0 Å². The molecule has 0 radical (unpaired) electrons. The molecule has 4 N–H and O–H groups in total. The van der Waals surface area contributed by atoms with Crippen LogP contribution < -0.4 is 11.1 Å². The number of nitrogens with one attached hydrogen (secondary N) is 2. The van der Waals surface area contributed by atoms with Gasteiger partial charge in [0.05, 0.1) is 31.0 Å². The molecule has 0 fully saturated rings. The highest BCUT2D eigenvalue weighted by molar-refractivity contribution is 5.85. The van der Waals surface area contributed by atoms with Gasteiger partial charge in [0.2, 0.25) is 5.91 Å². The molecule has 3 aromatic heterocycles. The Labute approximate surface area is 218 Å². The Balaban J connectivity index is 1.53. The minimum atomic E-state index is -1.12. The third kappa shape index (κ3) is 6.66. The van der Waals surface area contributed by atoms with Gasteiger partial charge in [-0.3, -0.25) is 9.20 Å². The Morgan fingerprint density at radius 1 is 1.11 bits per heavy atom. The van der Waals surface area contributed by atoms with Crippen molar-refractivity contribution < 1.29 is 19.1 Å². The van der Waals surface area contributed by atoms with E-state index in [2.05, 4.69) is 36.1 Å². The Morgan fingerprint density at radius 3 is 2.61 bits per heavy atom. The molecule has 1 aromatic carbocycles. The number of carbonyl (C=O) groups is 2. The van der Waals surface area contributed by atoms with Gasteiger partial charge in [-0.15, -0.1) is 15.3 Å². The maximum Gasteiger partial charge on any atom is 0.410 e. The molecule has 4 aromatic rings. The predicted molar refractivity (Wildman–Crippen MR) is 134 cm³/mol. The average Bonchev–Trinajstić information content (AvgIpc) is 3.57. The normalized spacial score (nSPS) is 12.3. The summed E-state index contributed by atoms with van der Waals surface area (Å²) in [6, 6.07) is 14.3. The van der Waals surface area contributed by atoms with Crippen LogP contribution in [0.3, 0.4) is 0 Å². The van der Waals surface area contributed by atoms with E-state index in [-0.39, 0.29) is 25.7 Å². The van der Waals surface area contributed by atoms with Gasteiger partial charge in [-0.05, 0) is 42.0 Å². The monoisotopic (exact) mass is 522 g/mol. The molecule has 14 heteroatoms. The van der Waals surface area contributed by atoms with Crippen molar-refractivity contribution >= 4 is 17.6 Å². The van der Waals surface area contributed by atoms with Crippen molar-refractivity contribution in [2.75, 3.05) is 13.7 Å². The molecule has 0 unspecified atom stereocenters. The van der Waals surface area contributed by atoms with Crippen molar-refractivity contribution in [1.29, 1.82) is 0 Å². The molecular formula is C24H30N10O4. The summed E-state index contributed by atoms with van der Waals surface area (Å²) in [4.78, 5) is 26.7. The summed E-state index contributed by atoms with van der Waals surface area (Å²) >= 11 is 0. The number of nitrogens with two attached hydrogens (primary N) is 1. The van der Waals surface area contributed by atoms with Crippen molar-refractivity contribution in [3.8, 4) is 0 Å². The van der Waals surface area contributed by atoms with Crippen LogP contribution >= 0.6 is 0 Å². The van der Waals surface area contributed by atoms with Crippen LogP contribution in [0.4, 0.5) is 4.79 Å². The fourth-order valence-electron chi connectivity index (χ4n) is 3.54. The predicted octanol–water partition coefficient (Wildman–Crippen LogP) is 1.12. The lowest BCUT2D eigenvalue weighted by Gasteiger charge is -2.24. The van der Waals surface area contributed by atoms with E-state index in [1.165, 1.54) is 4.90 Å². The first-order valence-electron chi connectivity index (χ1n) is 11.9. The van der Waals surface area contributed by atoms with Crippen LogP contribution in [0.15, 0.2) is 48.5 Å². The topological polar surface area (TPSA) is 179 Å². The quantitative estimate of drug-likeness (QED) is 0.258. The molecule has 0 saturated carbocycles. The van der Waals surface area contributed by atoms with Crippen LogP contribution in [-0.4, -0.2) is 71.3 Å². The lowest BCUT2D eigenvalue weighted by atomic mass is 10.1. The number of H-pyrrole nitrogens is 1. The van der Waals surface area contributed by atoms with E-state index in [9.17, 15) is 9.59 Å². The zero-order chi connectivity index (χ0) is 27.1. The summed E-state index contributed by atoms with van der Waals surface area (Å²) in [6.07, 6.45) is -0.575. The Kier molecular flexibility index (Phi) is 8.23. The molecule has 200 valence electrons. The molecule has 0 saturated heterocycles. The SMILES string of the molecule is CN(Cc1nnn[nH]1)C(=O)OCc1cccc2nnc([C@@H](COCc3ccccc3)NC(=O)C(C)(C)N)n12. The van der Waals surface area contributed by atoms with Gasteiger partial charge in [-0.2, -0.15) is 0 Å². The molecule has 14 nitrogen and oxygen atoms in total. The van der Waals surface area contributed by atoms with Gasteiger partial charge >= 0.3 is 6.09 Å². The maximum atomic E-state index is 12.8. The van der Waals surface area contributed by atoms with E-state index < -0.39 is 17.7 Å². The van der Waals surface area contributed by atoms with Gasteiger partial charge < -0.3 is 25.4 Å². The van der Waals surface area contributed by atoms with E-state index in [1.807, 2.05) is 30.3 Å². The number of fused-ring (bicyclic) bond motifs is 1. The van der Waals surface area contributed by atoms with Gasteiger partial charge in [0.15, 0.2) is 17.3 Å². The molecule has 3 heterocycles. The van der Waals surface area contributed by atoms with Crippen molar-refractivity contribution in [2.24, 2.45) is 5.73 Å². The van der Waals surface area contributed by atoms with Crippen molar-refractivity contribution in [3.63, 3.8) is 0 Å². The fraction of sp³-hybridized carbons (Fsp3) is 0.375. The number of rotatable bonds is 11. The smallest absolute Gasteiger partial charge is 0.410 e. The number of hydrogen-bond acceptors (Lipinski definition) is 10. The molecule has 0 aliphatic rings. The zero-order valence-corrected chi connectivity index (χ0v) is 21.4. The van der Waals surface area contributed by atoms with E-state index in [0.29, 0.717) is 29.6 Å². The first-order valence-corrected chi connectivity index (χ1v) is 11.9. The molecule has 0 aliphatic carbocycles. The van der Waals surface area contributed by atoms with Crippen LogP contribution in [0.1, 0.15) is 42.8 Å². The number of tetrazole rings is 1. The second-order valence-electron chi connectivity index (χ2n) is 9.28. The second-order valence-corrected chi connectivity index (χ2v) is 9.28. The lowest BCUT2D eigenvalue weighted by molar-refractivity contribution is -0.126. The van der Waals surface area contributed by atoms with Gasteiger partial charge in [0.1, 0.15) is 12.6 Å². The number of carbonyl (C=O) groups excluding carboxylic acids is 2. The van der Waals surface area contributed by atoms with Crippen LogP contribution in [0.5, 0.6) is 0 Å². The lowest BCUT2D eigenvalue weighted by Crippen LogP contribution is -2.51. The molecule has 4 rings (SSSR count). The second kappa shape index (κ2) is 11.7. The molecule has 38 heavy (non-hydrogen) atoms. The zero-order valence-electron chi connectivity index (χ0n) is 21.4. The summed E-state index contributed by atoms with van der Waals surface area (Å²) in [5.41, 5.74) is 7.00. The molecule has 1 atom stereocenters. The molecule has 0 bridgehead atoms. The third-order valence-electron chi connectivity index (χ3n) is 5.56. The number of aromatic amines is 1. The van der Waals surface area contributed by atoms with E-state index in [0.717, 1.165) is 5.56 Å². The first kappa shape index (κ1) is 26.6. The summed E-state index contributed by atoms with van der Waals surface area (Å²) in [5, 5.41) is 24.8. The Hall–Kier alpha value is -4.43. The standard InChI is InChI=1S/C24H30N10O4/c1-24(2,25)22(35)26-18(15-37-13-16-8-5-4-6-9-16)21-30-29-20-11-7-10-17(34(20)21)14-38-23(36)33(3)12-19-27-31-32-28-19/h4-11,18H,12-15,25H2,1-3H3,(H,26,35)(H,27,28,31,32)/t18-/m1/s1. The maximum absolute atomic E-state index is 12.8. The van der Waals surface area contributed by atoms with Gasteiger partial charge in [-0.1, -0.05) is 36.4 Å². The Bertz CT molecular complexity index is 1350. The number of aromatic nitrogens is 7. The van der Waals surface area contributed by atoms with Gasteiger partial charge in [0, 0.05) is 7.05 Å². The molecular weight excluding hydrogens is 492 g/mol. The Morgan fingerprint density at radius 2 is 1.89 bits per heavy atom. The summed E-state index contributed by atoms with van der Waals surface area (Å²) in [7, 11) is 1.57. The van der Waals surface area contributed by atoms with Crippen LogP contribution in [-0.2, 0) is 34.0 Å². The highest BCUT2D eigenvalue weighted by atomic mass is 16.6. The van der Waals surface area contributed by atoms with Crippen molar-refractivity contribution in [2.45, 2.75) is 45.2 Å². The molecule has 2 amide bonds.